The van der Waals surface area contributed by atoms with Crippen molar-refractivity contribution in [3.8, 4) is 11.5 Å². The predicted molar refractivity (Wildman–Crippen MR) is 85.7 cm³/mol. The maximum atomic E-state index is 6.54. The van der Waals surface area contributed by atoms with Crippen LogP contribution in [0.2, 0.25) is 0 Å². The van der Waals surface area contributed by atoms with Crippen molar-refractivity contribution in [3.63, 3.8) is 0 Å². The molecule has 2 aliphatic heterocycles. The van der Waals surface area contributed by atoms with Crippen LogP contribution in [0.1, 0.15) is 30.9 Å². The fourth-order valence-corrected chi connectivity index (χ4v) is 5.73. The highest BCUT2D eigenvalue weighted by Gasteiger charge is 2.63. The van der Waals surface area contributed by atoms with Gasteiger partial charge in [-0.1, -0.05) is 12.1 Å². The molecule has 0 unspecified atom stereocenters. The number of piperidine rings is 1. The largest absolute Gasteiger partial charge is 0.493 e. The first-order valence-corrected chi connectivity index (χ1v) is 8.40. The van der Waals surface area contributed by atoms with Gasteiger partial charge in [0.25, 0.3) is 0 Å². The van der Waals surface area contributed by atoms with Gasteiger partial charge in [-0.05, 0) is 62.9 Å². The average molecular weight is 297 g/mol. The monoisotopic (exact) mass is 297 g/mol. The van der Waals surface area contributed by atoms with Gasteiger partial charge in [0.2, 0.25) is 0 Å². The summed E-state index contributed by atoms with van der Waals surface area (Å²) < 4.78 is 12.1. The lowest BCUT2D eigenvalue weighted by Crippen LogP contribution is -2.63. The van der Waals surface area contributed by atoms with Crippen LogP contribution in [0.15, 0.2) is 23.8 Å². The summed E-state index contributed by atoms with van der Waals surface area (Å²) in [6.45, 7) is 3.42. The van der Waals surface area contributed by atoms with Crippen molar-refractivity contribution in [1.82, 2.24) is 4.90 Å². The highest BCUT2D eigenvalue weighted by molar-refractivity contribution is 5.62. The zero-order chi connectivity index (χ0) is 15.1. The van der Waals surface area contributed by atoms with Crippen molar-refractivity contribution >= 4 is 0 Å². The first-order valence-electron chi connectivity index (χ1n) is 8.40. The maximum Gasteiger partial charge on any atom is 0.166 e. The van der Waals surface area contributed by atoms with E-state index in [0.29, 0.717) is 12.0 Å². The van der Waals surface area contributed by atoms with Crippen LogP contribution in [0.4, 0.5) is 0 Å². The molecule has 5 rings (SSSR count). The molecule has 0 N–H and O–H groups in total. The number of rotatable bonds is 1. The zero-order valence-electron chi connectivity index (χ0n) is 13.6. The average Bonchev–Trinajstić information content (AvgIpc) is 2.88. The van der Waals surface area contributed by atoms with Gasteiger partial charge in [0.15, 0.2) is 11.5 Å². The SMILES string of the molecule is COc1ccc2c3c1O[C@@H]1C(C)=CC[C@H]4[C@@H](C2)N(C)CC[C@@]314. The molecule has 1 aromatic carbocycles. The molecule has 0 amide bonds. The quantitative estimate of drug-likeness (QED) is 0.744. The molecule has 0 saturated carbocycles. The van der Waals surface area contributed by atoms with E-state index in [4.69, 9.17) is 9.47 Å². The van der Waals surface area contributed by atoms with Crippen molar-refractivity contribution in [2.75, 3.05) is 20.7 Å². The molecular weight excluding hydrogens is 274 g/mol. The molecule has 2 bridgehead atoms. The van der Waals surface area contributed by atoms with E-state index in [0.717, 1.165) is 17.9 Å². The second-order valence-corrected chi connectivity index (χ2v) is 7.46. The third-order valence-corrected chi connectivity index (χ3v) is 6.70. The Bertz CT molecular complexity index is 695. The third kappa shape index (κ3) is 1.28. The Kier molecular flexibility index (Phi) is 2.41. The number of benzene rings is 1. The Morgan fingerprint density at radius 3 is 3.05 bits per heavy atom. The Balaban J connectivity index is 1.83. The summed E-state index contributed by atoms with van der Waals surface area (Å²) in [7, 11) is 4.05. The van der Waals surface area contributed by atoms with Gasteiger partial charge >= 0.3 is 0 Å². The van der Waals surface area contributed by atoms with Gasteiger partial charge < -0.3 is 14.4 Å². The van der Waals surface area contributed by atoms with Crippen LogP contribution in [0.5, 0.6) is 11.5 Å². The van der Waals surface area contributed by atoms with Crippen molar-refractivity contribution in [2.24, 2.45) is 5.92 Å². The minimum atomic E-state index is 0.188. The van der Waals surface area contributed by atoms with E-state index in [2.05, 4.69) is 37.1 Å². The van der Waals surface area contributed by atoms with E-state index >= 15 is 0 Å². The molecule has 1 spiro atoms. The van der Waals surface area contributed by atoms with E-state index in [1.807, 2.05) is 0 Å². The van der Waals surface area contributed by atoms with Crippen LogP contribution < -0.4 is 9.47 Å². The van der Waals surface area contributed by atoms with E-state index < -0.39 is 0 Å². The minimum Gasteiger partial charge on any atom is -0.493 e. The molecule has 2 heterocycles. The number of hydrogen-bond donors (Lipinski definition) is 0. The van der Waals surface area contributed by atoms with Gasteiger partial charge in [-0.25, -0.2) is 0 Å². The molecule has 2 aliphatic carbocycles. The number of hydrogen-bond acceptors (Lipinski definition) is 3. The highest BCUT2D eigenvalue weighted by Crippen LogP contribution is 2.63. The van der Waals surface area contributed by atoms with Gasteiger partial charge in [0.1, 0.15) is 6.10 Å². The van der Waals surface area contributed by atoms with Crippen LogP contribution in [0.3, 0.4) is 0 Å². The van der Waals surface area contributed by atoms with Crippen LogP contribution >= 0.6 is 0 Å². The summed E-state index contributed by atoms with van der Waals surface area (Å²) in [6, 6.07) is 5.02. The van der Waals surface area contributed by atoms with Crippen LogP contribution in [0, 0.1) is 5.92 Å². The molecule has 1 aromatic rings. The molecule has 22 heavy (non-hydrogen) atoms. The Hall–Kier alpha value is -1.48. The topological polar surface area (TPSA) is 21.7 Å². The number of likely N-dealkylation sites (tertiary alicyclic amines) is 1. The van der Waals surface area contributed by atoms with Gasteiger partial charge in [-0.15, -0.1) is 0 Å². The third-order valence-electron chi connectivity index (χ3n) is 6.70. The molecule has 1 fully saturated rings. The highest BCUT2D eigenvalue weighted by atomic mass is 16.5. The molecule has 3 heteroatoms. The fourth-order valence-electron chi connectivity index (χ4n) is 5.73. The van der Waals surface area contributed by atoms with Crippen molar-refractivity contribution in [3.05, 3.63) is 34.9 Å². The number of nitrogens with zero attached hydrogens (tertiary/aromatic N) is 1. The van der Waals surface area contributed by atoms with Crippen molar-refractivity contribution < 1.29 is 9.47 Å². The molecule has 3 nitrogen and oxygen atoms in total. The van der Waals surface area contributed by atoms with Gasteiger partial charge in [0, 0.05) is 17.0 Å². The number of allylic oxidation sites excluding steroid dienone is 1. The molecule has 116 valence electrons. The lowest BCUT2D eigenvalue weighted by atomic mass is 9.52. The van der Waals surface area contributed by atoms with Crippen molar-refractivity contribution in [1.29, 1.82) is 0 Å². The van der Waals surface area contributed by atoms with Crippen LogP contribution in [0.25, 0.3) is 0 Å². The summed E-state index contributed by atoms with van der Waals surface area (Å²) in [5.74, 6) is 2.62. The lowest BCUT2D eigenvalue weighted by Gasteiger charge is -2.57. The molecule has 0 radical (unpaired) electrons. The smallest absolute Gasteiger partial charge is 0.166 e. The Morgan fingerprint density at radius 2 is 2.23 bits per heavy atom. The van der Waals surface area contributed by atoms with Crippen LogP contribution in [-0.2, 0) is 11.8 Å². The normalized spacial score (nSPS) is 38.1. The van der Waals surface area contributed by atoms with Crippen molar-refractivity contribution in [2.45, 2.75) is 43.7 Å². The molecule has 4 aliphatic rings. The van der Waals surface area contributed by atoms with Crippen LogP contribution in [-0.4, -0.2) is 37.7 Å². The lowest BCUT2D eigenvalue weighted by molar-refractivity contribution is -0.00815. The Labute approximate surface area is 131 Å². The van der Waals surface area contributed by atoms with Gasteiger partial charge in [-0.3, -0.25) is 0 Å². The summed E-state index contributed by atoms with van der Waals surface area (Å²) in [4.78, 5) is 2.58. The standard InChI is InChI=1S/C19H23NO2/c1-11-4-6-13-14-10-12-5-7-15(21-3)17-16(12)19(13,18(11)22-17)8-9-20(14)2/h4-5,7,13-14,18H,6,8-10H2,1-3H3/t13-,14+,18+,19+/m0/s1. The van der Waals surface area contributed by atoms with Gasteiger partial charge in [-0.2, -0.15) is 0 Å². The Morgan fingerprint density at radius 1 is 1.36 bits per heavy atom. The molecule has 0 aromatic heterocycles. The maximum absolute atomic E-state index is 6.54. The summed E-state index contributed by atoms with van der Waals surface area (Å²) in [6.07, 6.45) is 6.18. The zero-order valence-corrected chi connectivity index (χ0v) is 13.6. The number of ether oxygens (including phenoxy) is 2. The summed E-state index contributed by atoms with van der Waals surface area (Å²) in [5, 5.41) is 0. The van der Waals surface area contributed by atoms with E-state index in [9.17, 15) is 0 Å². The second kappa shape index (κ2) is 4.08. The predicted octanol–water partition coefficient (Wildman–Crippen LogP) is 2.92. The second-order valence-electron chi connectivity index (χ2n) is 7.46. The molecule has 4 atom stereocenters. The summed E-state index contributed by atoms with van der Waals surface area (Å²) in [5.41, 5.74) is 4.57. The summed E-state index contributed by atoms with van der Waals surface area (Å²) >= 11 is 0. The molecule has 1 saturated heterocycles. The number of methoxy groups -OCH3 is 1. The molecular formula is C19H23NO2. The van der Waals surface area contributed by atoms with E-state index in [1.54, 1.807) is 7.11 Å². The first kappa shape index (κ1) is 13.0. The fraction of sp³-hybridized carbons (Fsp3) is 0.579. The number of likely N-dealkylation sites (N-methyl/N-ethyl adjacent to an activating group) is 1. The van der Waals surface area contributed by atoms with E-state index in [-0.39, 0.29) is 11.5 Å². The first-order chi connectivity index (χ1) is 10.7. The minimum absolute atomic E-state index is 0.188. The van der Waals surface area contributed by atoms with E-state index in [1.165, 1.54) is 36.1 Å². The van der Waals surface area contributed by atoms with Gasteiger partial charge in [0.05, 0.1) is 7.11 Å².